The molecule has 5 atom stereocenters. The van der Waals surface area contributed by atoms with Gasteiger partial charge in [-0.1, -0.05) is 12.1 Å². The molecule has 1 aromatic carbocycles. The first-order chi connectivity index (χ1) is 14.6. The number of aromatic nitrogens is 1. The third-order valence-electron chi connectivity index (χ3n) is 7.48. The Kier molecular flexibility index (Phi) is 3.78. The fourth-order valence-corrected chi connectivity index (χ4v) is 6.15. The van der Waals surface area contributed by atoms with Crippen molar-refractivity contribution in [2.45, 2.75) is 36.5 Å². The van der Waals surface area contributed by atoms with Crippen LogP contribution in [0.25, 0.3) is 0 Å². The molecule has 0 amide bonds. The Morgan fingerprint density at radius 3 is 3.00 bits per heavy atom. The summed E-state index contributed by atoms with van der Waals surface area (Å²) in [6.45, 7) is 0.994. The van der Waals surface area contributed by atoms with Crippen molar-refractivity contribution in [2.75, 3.05) is 20.7 Å². The lowest BCUT2D eigenvalue weighted by Gasteiger charge is -2.56. The van der Waals surface area contributed by atoms with Gasteiger partial charge in [-0.2, -0.15) is 0 Å². The molecule has 1 unspecified atom stereocenters. The van der Waals surface area contributed by atoms with Gasteiger partial charge < -0.3 is 19.1 Å². The molecule has 1 spiro atoms. The quantitative estimate of drug-likeness (QED) is 0.579. The first kappa shape index (κ1) is 18.0. The minimum Gasteiger partial charge on any atom is -0.493 e. The molecule has 0 saturated carbocycles. The summed E-state index contributed by atoms with van der Waals surface area (Å²) in [4.78, 5) is 19.3. The Morgan fingerprint density at radius 1 is 1.30 bits per heavy atom. The van der Waals surface area contributed by atoms with Crippen molar-refractivity contribution < 1.29 is 19.0 Å². The highest BCUT2D eigenvalue weighted by Gasteiger charge is 2.65. The lowest BCUT2D eigenvalue weighted by atomic mass is 9.53. The molecular weight excluding hydrogens is 380 g/mol. The number of hydrogen-bond donors (Lipinski definition) is 0. The number of benzene rings is 1. The summed E-state index contributed by atoms with van der Waals surface area (Å²) in [5.41, 5.74) is 2.86. The van der Waals surface area contributed by atoms with Gasteiger partial charge in [0.15, 0.2) is 17.6 Å². The topological polar surface area (TPSA) is 60.9 Å². The number of carbonyl (C=O) groups is 1. The molecular formula is C24H24N2O4. The van der Waals surface area contributed by atoms with Gasteiger partial charge >= 0.3 is 5.97 Å². The number of ether oxygens (including phenoxy) is 3. The van der Waals surface area contributed by atoms with Gasteiger partial charge in [0.2, 0.25) is 0 Å². The number of carbonyl (C=O) groups excluding carboxylic acids is 1. The second-order valence-electron chi connectivity index (χ2n) is 8.73. The first-order valence-corrected chi connectivity index (χ1v) is 10.5. The Morgan fingerprint density at radius 2 is 2.20 bits per heavy atom. The normalized spacial score (nSPS) is 32.9. The van der Waals surface area contributed by atoms with Gasteiger partial charge in [0.1, 0.15) is 6.10 Å². The second-order valence-corrected chi connectivity index (χ2v) is 8.73. The van der Waals surface area contributed by atoms with Gasteiger partial charge in [0, 0.05) is 35.3 Å². The number of likely N-dealkylation sites (N-methyl/N-ethyl adjacent to an activating group) is 1. The standard InChI is InChI=1S/C24H24N2O4/c1-26-11-9-24-16-6-8-19(29-23(27)15-4-3-10-25-13-15)22(24)30-21-18(28-2)7-5-14(20(21)24)12-17(16)26/h3-8,10,13,16-17,19,22H,9,11-12H2,1-2H3/t16-,17?,19-,22-,24-/m0/s1. The van der Waals surface area contributed by atoms with Crippen molar-refractivity contribution in [3.63, 3.8) is 0 Å². The van der Waals surface area contributed by atoms with Crippen LogP contribution in [0, 0.1) is 5.92 Å². The van der Waals surface area contributed by atoms with Crippen molar-refractivity contribution in [1.82, 2.24) is 9.88 Å². The molecule has 30 heavy (non-hydrogen) atoms. The van der Waals surface area contributed by atoms with Crippen LogP contribution in [0.4, 0.5) is 0 Å². The highest BCUT2D eigenvalue weighted by atomic mass is 16.6. The molecule has 4 aliphatic rings. The molecule has 1 fully saturated rings. The number of piperidine rings is 1. The number of esters is 1. The van der Waals surface area contributed by atoms with E-state index in [-0.39, 0.29) is 17.5 Å². The number of nitrogens with zero attached hydrogens (tertiary/aromatic N) is 2. The number of hydrogen-bond acceptors (Lipinski definition) is 6. The largest absolute Gasteiger partial charge is 0.493 e. The summed E-state index contributed by atoms with van der Waals surface area (Å²) in [6.07, 6.45) is 8.72. The smallest absolute Gasteiger partial charge is 0.340 e. The zero-order chi connectivity index (χ0) is 20.5. The molecule has 1 saturated heterocycles. The molecule has 3 heterocycles. The Balaban J connectivity index is 1.46. The Bertz CT molecular complexity index is 1050. The summed E-state index contributed by atoms with van der Waals surface area (Å²) in [6, 6.07) is 8.07. The third kappa shape index (κ3) is 2.23. The number of pyridine rings is 1. The van der Waals surface area contributed by atoms with E-state index in [0.717, 1.165) is 30.9 Å². The molecule has 0 radical (unpaired) electrons. The summed E-state index contributed by atoms with van der Waals surface area (Å²) in [5, 5.41) is 0. The zero-order valence-electron chi connectivity index (χ0n) is 17.1. The van der Waals surface area contributed by atoms with E-state index in [9.17, 15) is 4.79 Å². The van der Waals surface area contributed by atoms with Crippen LogP contribution in [0.1, 0.15) is 27.9 Å². The van der Waals surface area contributed by atoms with E-state index in [4.69, 9.17) is 14.2 Å². The van der Waals surface area contributed by atoms with E-state index < -0.39 is 6.10 Å². The van der Waals surface area contributed by atoms with E-state index in [1.165, 1.54) is 17.3 Å². The minimum absolute atomic E-state index is 0.191. The van der Waals surface area contributed by atoms with Crippen molar-refractivity contribution in [2.24, 2.45) is 5.92 Å². The Hall–Kier alpha value is -2.86. The molecule has 2 bridgehead atoms. The van der Waals surface area contributed by atoms with Crippen LogP contribution in [0.15, 0.2) is 48.8 Å². The van der Waals surface area contributed by atoms with Crippen LogP contribution in [0.2, 0.25) is 0 Å². The Labute approximate surface area is 175 Å². The number of rotatable bonds is 3. The lowest BCUT2D eigenvalue weighted by molar-refractivity contribution is -0.0555. The predicted octanol–water partition coefficient (Wildman–Crippen LogP) is 2.76. The van der Waals surface area contributed by atoms with Crippen LogP contribution in [0.3, 0.4) is 0 Å². The molecule has 6 heteroatoms. The predicted molar refractivity (Wildman–Crippen MR) is 110 cm³/mol. The maximum absolute atomic E-state index is 12.8. The summed E-state index contributed by atoms with van der Waals surface area (Å²) >= 11 is 0. The van der Waals surface area contributed by atoms with Crippen molar-refractivity contribution in [1.29, 1.82) is 0 Å². The van der Waals surface area contributed by atoms with Crippen LogP contribution < -0.4 is 9.47 Å². The van der Waals surface area contributed by atoms with Crippen LogP contribution in [0.5, 0.6) is 11.5 Å². The van der Waals surface area contributed by atoms with Crippen LogP contribution in [-0.4, -0.2) is 54.8 Å². The van der Waals surface area contributed by atoms with Crippen molar-refractivity contribution in [3.8, 4) is 11.5 Å². The maximum atomic E-state index is 12.8. The molecule has 2 aromatic rings. The maximum Gasteiger partial charge on any atom is 0.340 e. The molecule has 6 rings (SSSR count). The molecule has 0 N–H and O–H groups in total. The van der Waals surface area contributed by atoms with E-state index in [1.54, 1.807) is 25.4 Å². The van der Waals surface area contributed by atoms with Gasteiger partial charge in [-0.3, -0.25) is 4.98 Å². The van der Waals surface area contributed by atoms with E-state index in [1.807, 2.05) is 12.1 Å². The summed E-state index contributed by atoms with van der Waals surface area (Å²) in [7, 11) is 3.89. The first-order valence-electron chi connectivity index (χ1n) is 10.5. The van der Waals surface area contributed by atoms with Gasteiger partial charge in [-0.05, 0) is 56.3 Å². The zero-order valence-corrected chi connectivity index (χ0v) is 17.1. The fourth-order valence-electron chi connectivity index (χ4n) is 6.15. The van der Waals surface area contributed by atoms with Crippen molar-refractivity contribution in [3.05, 3.63) is 65.5 Å². The van der Waals surface area contributed by atoms with E-state index >= 15 is 0 Å². The van der Waals surface area contributed by atoms with Gasteiger partial charge in [0.25, 0.3) is 0 Å². The highest BCUT2D eigenvalue weighted by molar-refractivity contribution is 5.89. The molecule has 1 aromatic heterocycles. The minimum atomic E-state index is -0.457. The summed E-state index contributed by atoms with van der Waals surface area (Å²) < 4.78 is 18.2. The number of likely N-dealkylation sites (tertiary alicyclic amines) is 1. The van der Waals surface area contributed by atoms with Crippen molar-refractivity contribution >= 4 is 5.97 Å². The summed E-state index contributed by atoms with van der Waals surface area (Å²) in [5.74, 6) is 1.54. The SMILES string of the molecule is COc1ccc2c3c1O[C@H]1[C@@H](OC(=O)c4cccnc4)C=C[C@H]4C(C2)N(C)CC[C@@]341. The monoisotopic (exact) mass is 404 g/mol. The second kappa shape index (κ2) is 6.32. The van der Waals surface area contributed by atoms with Gasteiger partial charge in [-0.25, -0.2) is 4.79 Å². The lowest BCUT2D eigenvalue weighted by Crippen LogP contribution is -2.65. The van der Waals surface area contributed by atoms with Gasteiger partial charge in [0.05, 0.1) is 12.7 Å². The average molecular weight is 404 g/mol. The average Bonchev–Trinajstić information content (AvgIpc) is 3.13. The number of methoxy groups -OCH3 is 1. The van der Waals surface area contributed by atoms with E-state index in [0.29, 0.717) is 17.5 Å². The molecule has 6 nitrogen and oxygen atoms in total. The molecule has 2 aliphatic carbocycles. The van der Waals surface area contributed by atoms with Crippen LogP contribution in [-0.2, 0) is 16.6 Å². The van der Waals surface area contributed by atoms with E-state index in [2.05, 4.69) is 29.1 Å². The fraction of sp³-hybridized carbons (Fsp3) is 0.417. The van der Waals surface area contributed by atoms with Gasteiger partial charge in [-0.15, -0.1) is 0 Å². The highest BCUT2D eigenvalue weighted by Crippen LogP contribution is 2.62. The third-order valence-corrected chi connectivity index (χ3v) is 7.48. The van der Waals surface area contributed by atoms with Crippen LogP contribution >= 0.6 is 0 Å². The molecule has 2 aliphatic heterocycles. The molecule has 154 valence electrons.